The number of amides is 1. The molecule has 1 amide bonds. The van der Waals surface area contributed by atoms with Crippen LogP contribution in [0.5, 0.6) is 0 Å². The first-order valence-electron chi connectivity index (χ1n) is 7.49. The van der Waals surface area contributed by atoms with Crippen molar-refractivity contribution >= 4 is 17.8 Å². The van der Waals surface area contributed by atoms with Crippen molar-refractivity contribution in [1.29, 1.82) is 0 Å². The Labute approximate surface area is 150 Å². The van der Waals surface area contributed by atoms with E-state index in [1.165, 1.54) is 6.42 Å². The van der Waals surface area contributed by atoms with Gasteiger partial charge >= 0.3 is 24.3 Å². The van der Waals surface area contributed by atoms with E-state index in [1.54, 1.807) is 0 Å². The van der Waals surface area contributed by atoms with E-state index >= 15 is 0 Å². The number of piperidine rings is 1. The Morgan fingerprint density at radius 1 is 0.889 bits per heavy atom. The molecule has 160 valence electrons. The van der Waals surface area contributed by atoms with E-state index in [-0.39, 0.29) is 11.9 Å². The minimum atomic E-state index is -5.08. The van der Waals surface area contributed by atoms with E-state index in [9.17, 15) is 31.1 Å². The lowest BCUT2D eigenvalue weighted by atomic mass is 10.1. The number of carbonyl (C=O) groups excluding carboxylic acids is 1. The van der Waals surface area contributed by atoms with E-state index in [0.29, 0.717) is 13.0 Å². The van der Waals surface area contributed by atoms with Crippen LogP contribution in [0.25, 0.3) is 0 Å². The normalized spacial score (nSPS) is 15.5. The van der Waals surface area contributed by atoms with Crippen LogP contribution in [0.4, 0.5) is 26.3 Å². The molecule has 1 rings (SSSR count). The van der Waals surface area contributed by atoms with Crippen molar-refractivity contribution < 1.29 is 50.9 Å². The van der Waals surface area contributed by atoms with Gasteiger partial charge < -0.3 is 26.6 Å². The third-order valence-corrected chi connectivity index (χ3v) is 2.95. The van der Waals surface area contributed by atoms with Gasteiger partial charge in [-0.05, 0) is 32.2 Å². The summed E-state index contributed by atoms with van der Waals surface area (Å²) in [6.07, 6.45) is -6.12. The molecule has 0 aromatic carbocycles. The van der Waals surface area contributed by atoms with Crippen molar-refractivity contribution in [3.63, 3.8) is 0 Å². The lowest BCUT2D eigenvalue weighted by molar-refractivity contribution is -0.193. The van der Waals surface area contributed by atoms with Gasteiger partial charge in [0.2, 0.25) is 5.91 Å². The lowest BCUT2D eigenvalue weighted by Crippen LogP contribution is -2.46. The monoisotopic (exact) mass is 413 g/mol. The summed E-state index contributed by atoms with van der Waals surface area (Å²) >= 11 is 0. The number of hydrogen-bond donors (Lipinski definition) is 4. The first kappa shape index (κ1) is 27.1. The standard InChI is InChI=1S/C9H19N3O.2C2HF3O2/c10-5-4-8(11)9(13)12-6-2-1-3-7-12;2*3-2(4,5)1(6)7/h8H,1-7,10-11H2;2*(H,6,7)/t8-;;/m0../s1. The topological polar surface area (TPSA) is 147 Å². The van der Waals surface area contributed by atoms with Crippen molar-refractivity contribution in [3.05, 3.63) is 0 Å². The van der Waals surface area contributed by atoms with E-state index in [0.717, 1.165) is 25.9 Å². The number of carboxylic acid groups (broad SMARTS) is 2. The molecule has 8 nitrogen and oxygen atoms in total. The maximum absolute atomic E-state index is 11.6. The van der Waals surface area contributed by atoms with Crippen molar-refractivity contribution in [2.75, 3.05) is 19.6 Å². The summed E-state index contributed by atoms with van der Waals surface area (Å²) in [5.41, 5.74) is 11.0. The van der Waals surface area contributed by atoms with Crippen molar-refractivity contribution in [2.24, 2.45) is 11.5 Å². The number of halogens is 6. The third kappa shape index (κ3) is 13.7. The molecule has 1 aliphatic rings. The van der Waals surface area contributed by atoms with Crippen LogP contribution in [0.2, 0.25) is 0 Å². The van der Waals surface area contributed by atoms with Gasteiger partial charge in [-0.3, -0.25) is 4.79 Å². The maximum Gasteiger partial charge on any atom is 0.490 e. The fourth-order valence-corrected chi connectivity index (χ4v) is 1.65. The van der Waals surface area contributed by atoms with Crippen LogP contribution in [0.3, 0.4) is 0 Å². The third-order valence-electron chi connectivity index (χ3n) is 2.95. The van der Waals surface area contributed by atoms with Gasteiger partial charge in [0.05, 0.1) is 6.04 Å². The van der Waals surface area contributed by atoms with E-state index in [1.807, 2.05) is 4.90 Å². The van der Waals surface area contributed by atoms with Crippen molar-refractivity contribution in [3.8, 4) is 0 Å². The molecule has 0 radical (unpaired) electrons. The molecule has 0 saturated carbocycles. The smallest absolute Gasteiger partial charge is 0.475 e. The molecule has 1 atom stereocenters. The summed E-state index contributed by atoms with van der Waals surface area (Å²) in [7, 11) is 0. The number of nitrogens with zero attached hydrogens (tertiary/aromatic N) is 1. The predicted octanol–water partition coefficient (Wildman–Crippen LogP) is 0.942. The molecular weight excluding hydrogens is 392 g/mol. The number of hydrogen-bond acceptors (Lipinski definition) is 5. The SMILES string of the molecule is NCC[C@H](N)C(=O)N1CCCCC1.O=C(O)C(F)(F)F.O=C(O)C(F)(F)F. The van der Waals surface area contributed by atoms with Crippen LogP contribution >= 0.6 is 0 Å². The molecule has 1 fully saturated rings. The highest BCUT2D eigenvalue weighted by Crippen LogP contribution is 2.13. The number of nitrogens with two attached hydrogens (primary N) is 2. The molecule has 1 aliphatic heterocycles. The van der Waals surface area contributed by atoms with Gasteiger partial charge in [-0.15, -0.1) is 0 Å². The Kier molecular flexibility index (Phi) is 12.4. The number of likely N-dealkylation sites (tertiary alicyclic amines) is 1. The fourth-order valence-electron chi connectivity index (χ4n) is 1.65. The minimum absolute atomic E-state index is 0.0742. The van der Waals surface area contributed by atoms with Crippen LogP contribution < -0.4 is 11.5 Å². The van der Waals surface area contributed by atoms with E-state index in [2.05, 4.69) is 0 Å². The molecule has 0 spiro atoms. The van der Waals surface area contributed by atoms with Gasteiger partial charge in [0.15, 0.2) is 0 Å². The van der Waals surface area contributed by atoms with Crippen LogP contribution in [0.1, 0.15) is 25.7 Å². The second-order valence-electron chi connectivity index (χ2n) is 5.18. The quantitative estimate of drug-likeness (QED) is 0.504. The molecule has 1 saturated heterocycles. The van der Waals surface area contributed by atoms with E-state index in [4.69, 9.17) is 31.3 Å². The number of carboxylic acids is 2. The summed E-state index contributed by atoms with van der Waals surface area (Å²) in [6, 6.07) is -0.386. The highest BCUT2D eigenvalue weighted by atomic mass is 19.4. The molecule has 0 unspecified atom stereocenters. The van der Waals surface area contributed by atoms with Crippen LogP contribution in [-0.4, -0.2) is 71.0 Å². The Bertz CT molecular complexity index is 454. The molecule has 0 aromatic heterocycles. The Balaban J connectivity index is 0. The summed E-state index contributed by atoms with van der Waals surface area (Å²) in [6.45, 7) is 2.23. The molecule has 0 aromatic rings. The Morgan fingerprint density at radius 3 is 1.48 bits per heavy atom. The summed E-state index contributed by atoms with van der Waals surface area (Å²) in [4.78, 5) is 31.3. The maximum atomic E-state index is 11.6. The highest BCUT2D eigenvalue weighted by Gasteiger charge is 2.38. The van der Waals surface area contributed by atoms with Gasteiger partial charge in [0.1, 0.15) is 0 Å². The van der Waals surface area contributed by atoms with Gasteiger partial charge in [-0.2, -0.15) is 26.3 Å². The van der Waals surface area contributed by atoms with Gasteiger partial charge in [0.25, 0.3) is 0 Å². The molecule has 0 bridgehead atoms. The zero-order chi connectivity index (χ0) is 21.8. The summed E-state index contributed by atoms with van der Waals surface area (Å²) < 4.78 is 63.5. The first-order chi connectivity index (χ1) is 12.1. The summed E-state index contributed by atoms with van der Waals surface area (Å²) in [5, 5.41) is 14.2. The van der Waals surface area contributed by atoms with Gasteiger partial charge in [0, 0.05) is 13.1 Å². The Morgan fingerprint density at radius 2 is 1.22 bits per heavy atom. The zero-order valence-corrected chi connectivity index (χ0v) is 14.0. The number of aliphatic carboxylic acids is 2. The van der Waals surface area contributed by atoms with Crippen LogP contribution in [-0.2, 0) is 14.4 Å². The van der Waals surface area contributed by atoms with E-state index < -0.39 is 24.3 Å². The summed E-state index contributed by atoms with van der Waals surface area (Å²) in [5.74, 6) is -5.44. The zero-order valence-electron chi connectivity index (χ0n) is 14.0. The molecule has 27 heavy (non-hydrogen) atoms. The molecule has 0 aliphatic carbocycles. The molecular formula is C13H21F6N3O5. The van der Waals surface area contributed by atoms with Crippen molar-refractivity contribution in [1.82, 2.24) is 4.90 Å². The molecule has 6 N–H and O–H groups in total. The molecule has 14 heteroatoms. The largest absolute Gasteiger partial charge is 0.490 e. The van der Waals surface area contributed by atoms with Crippen molar-refractivity contribution in [2.45, 2.75) is 44.1 Å². The molecule has 1 heterocycles. The number of carbonyl (C=O) groups is 3. The lowest BCUT2D eigenvalue weighted by Gasteiger charge is -2.28. The number of alkyl halides is 6. The van der Waals surface area contributed by atoms with Crippen LogP contribution in [0, 0.1) is 0 Å². The minimum Gasteiger partial charge on any atom is -0.475 e. The fraction of sp³-hybridized carbons (Fsp3) is 0.769. The van der Waals surface area contributed by atoms with Gasteiger partial charge in [-0.1, -0.05) is 0 Å². The average molecular weight is 413 g/mol. The first-order valence-corrected chi connectivity index (χ1v) is 7.49. The second-order valence-corrected chi connectivity index (χ2v) is 5.18. The van der Waals surface area contributed by atoms with Crippen LogP contribution in [0.15, 0.2) is 0 Å². The average Bonchev–Trinajstić information content (AvgIpc) is 2.54. The predicted molar refractivity (Wildman–Crippen MR) is 79.5 cm³/mol. The number of rotatable bonds is 3. The second kappa shape index (κ2) is 12.3. The Hall–Kier alpha value is -2.09. The van der Waals surface area contributed by atoms with Gasteiger partial charge in [-0.25, -0.2) is 9.59 Å². The highest BCUT2D eigenvalue weighted by molar-refractivity contribution is 5.81.